The molecule has 0 aliphatic rings. The van der Waals surface area contributed by atoms with Crippen molar-refractivity contribution in [2.75, 3.05) is 11.9 Å². The number of benzene rings is 3. The van der Waals surface area contributed by atoms with Crippen LogP contribution in [0.5, 0.6) is 0 Å². The maximum Gasteiger partial charge on any atom is 0.255 e. The van der Waals surface area contributed by atoms with E-state index in [1.54, 1.807) is 41.3 Å². The lowest BCUT2D eigenvalue weighted by Gasteiger charge is -2.22. The molecule has 2 amide bonds. The fourth-order valence-electron chi connectivity index (χ4n) is 3.94. The highest BCUT2D eigenvalue weighted by molar-refractivity contribution is 9.10. The highest BCUT2D eigenvalue weighted by atomic mass is 79.9. The van der Waals surface area contributed by atoms with Gasteiger partial charge in [-0.15, -0.1) is 0 Å². The Hall–Kier alpha value is -4.43. The Bertz CT molecular complexity index is 1500. The van der Waals surface area contributed by atoms with Gasteiger partial charge >= 0.3 is 0 Å². The molecule has 37 heavy (non-hydrogen) atoms. The number of rotatable bonds is 8. The van der Waals surface area contributed by atoms with E-state index in [0.29, 0.717) is 21.6 Å². The smallest absolute Gasteiger partial charge is 0.255 e. The summed E-state index contributed by atoms with van der Waals surface area (Å²) in [6.45, 7) is -0.0324. The number of carbonyl (C=O) groups excluding carboxylic acids is 2. The summed E-state index contributed by atoms with van der Waals surface area (Å²) in [6, 6.07) is 31.8. The van der Waals surface area contributed by atoms with Gasteiger partial charge in [0.05, 0.1) is 29.8 Å². The molecule has 0 aliphatic heterocycles. The van der Waals surface area contributed by atoms with E-state index >= 15 is 0 Å². The first-order valence-corrected chi connectivity index (χ1v) is 12.4. The van der Waals surface area contributed by atoms with Crippen molar-refractivity contribution in [2.24, 2.45) is 0 Å². The van der Waals surface area contributed by atoms with Gasteiger partial charge in [-0.1, -0.05) is 60.7 Å². The van der Waals surface area contributed by atoms with Crippen LogP contribution in [-0.4, -0.2) is 33.0 Å². The second kappa shape index (κ2) is 11.1. The molecule has 5 rings (SSSR count). The highest BCUT2D eigenvalue weighted by Gasteiger charge is 2.23. The zero-order valence-electron chi connectivity index (χ0n) is 19.8. The van der Waals surface area contributed by atoms with Crippen LogP contribution in [-0.2, 0) is 11.3 Å². The molecule has 0 spiro atoms. The molecule has 1 N–H and O–H groups in total. The quantitative estimate of drug-likeness (QED) is 0.248. The Morgan fingerprint density at radius 3 is 2.30 bits per heavy atom. The number of furan rings is 1. The Kier molecular flexibility index (Phi) is 7.28. The molecule has 0 saturated carbocycles. The lowest BCUT2D eigenvalue weighted by Crippen LogP contribution is -2.38. The van der Waals surface area contributed by atoms with Crippen LogP contribution in [0, 0.1) is 0 Å². The van der Waals surface area contributed by atoms with Gasteiger partial charge in [0, 0.05) is 16.1 Å². The fourth-order valence-corrected chi connectivity index (χ4v) is 4.39. The molecule has 184 valence electrons. The van der Waals surface area contributed by atoms with Crippen molar-refractivity contribution in [2.45, 2.75) is 6.54 Å². The highest BCUT2D eigenvalue weighted by Crippen LogP contribution is 2.25. The first kappa shape index (κ1) is 24.3. The molecule has 3 aromatic carbocycles. The number of hydrogen-bond acceptors (Lipinski definition) is 4. The van der Waals surface area contributed by atoms with Crippen LogP contribution < -0.4 is 5.32 Å². The van der Waals surface area contributed by atoms with Crippen LogP contribution >= 0.6 is 15.9 Å². The van der Waals surface area contributed by atoms with E-state index in [0.717, 1.165) is 16.9 Å². The largest absolute Gasteiger partial charge is 0.467 e. The van der Waals surface area contributed by atoms with Crippen LogP contribution in [0.4, 0.5) is 5.82 Å². The number of amides is 2. The molecule has 0 aliphatic carbocycles. The Morgan fingerprint density at radius 2 is 1.59 bits per heavy atom. The number of carbonyl (C=O) groups is 2. The van der Waals surface area contributed by atoms with E-state index in [4.69, 9.17) is 9.52 Å². The van der Waals surface area contributed by atoms with E-state index in [1.807, 2.05) is 72.8 Å². The van der Waals surface area contributed by atoms with Gasteiger partial charge in [-0.3, -0.25) is 9.59 Å². The maximum atomic E-state index is 13.4. The van der Waals surface area contributed by atoms with Crippen molar-refractivity contribution in [3.63, 3.8) is 0 Å². The molecule has 0 saturated heterocycles. The average molecular weight is 555 g/mol. The maximum absolute atomic E-state index is 13.4. The molecule has 2 heterocycles. The van der Waals surface area contributed by atoms with Crippen molar-refractivity contribution in [1.29, 1.82) is 0 Å². The number of hydrogen-bond donors (Lipinski definition) is 1. The molecule has 2 aromatic heterocycles. The predicted octanol–water partition coefficient (Wildman–Crippen LogP) is 6.18. The summed E-state index contributed by atoms with van der Waals surface area (Å²) >= 11 is 3.44. The number of aromatic nitrogens is 2. The second-order valence-electron chi connectivity index (χ2n) is 8.30. The fraction of sp³-hybridized carbons (Fsp3) is 0.0690. The number of nitrogens with one attached hydrogen (secondary N) is 1. The number of halogens is 1. The van der Waals surface area contributed by atoms with Gasteiger partial charge in [0.1, 0.15) is 18.1 Å². The van der Waals surface area contributed by atoms with Crippen molar-refractivity contribution in [1.82, 2.24) is 14.7 Å². The van der Waals surface area contributed by atoms with E-state index in [-0.39, 0.29) is 24.9 Å². The number of nitrogens with zero attached hydrogens (tertiary/aromatic N) is 3. The summed E-state index contributed by atoms with van der Waals surface area (Å²) in [7, 11) is 0. The Labute approximate surface area is 222 Å². The standard InChI is InChI=1S/C29H23BrN4O3/c30-25-16-8-7-15-24(25)29(36)33(19-23-14-9-17-37-23)20-28(35)31-27-18-26(21-10-3-1-4-11-21)32-34(27)22-12-5-2-6-13-22/h1-18H,19-20H2,(H,31,35). The third-order valence-electron chi connectivity index (χ3n) is 5.70. The number of anilines is 1. The van der Waals surface area contributed by atoms with Crippen molar-refractivity contribution >= 4 is 33.6 Å². The Balaban J connectivity index is 1.43. The molecule has 5 aromatic rings. The van der Waals surface area contributed by atoms with Crippen LogP contribution in [0.1, 0.15) is 16.1 Å². The Morgan fingerprint density at radius 1 is 0.892 bits per heavy atom. The van der Waals surface area contributed by atoms with E-state index < -0.39 is 0 Å². The predicted molar refractivity (Wildman–Crippen MR) is 145 cm³/mol. The minimum atomic E-state index is -0.358. The summed E-state index contributed by atoms with van der Waals surface area (Å²) < 4.78 is 7.80. The van der Waals surface area contributed by atoms with Gasteiger partial charge < -0.3 is 14.6 Å². The number of para-hydroxylation sites is 1. The summed E-state index contributed by atoms with van der Waals surface area (Å²) in [5, 5.41) is 7.69. The minimum absolute atomic E-state index is 0.147. The molecule has 0 bridgehead atoms. The van der Waals surface area contributed by atoms with Gasteiger partial charge in [-0.05, 0) is 52.3 Å². The van der Waals surface area contributed by atoms with E-state index in [2.05, 4.69) is 21.2 Å². The van der Waals surface area contributed by atoms with Crippen LogP contribution in [0.3, 0.4) is 0 Å². The van der Waals surface area contributed by atoms with Crippen LogP contribution in [0.15, 0.2) is 118 Å². The first-order valence-electron chi connectivity index (χ1n) is 11.7. The molecule has 0 atom stereocenters. The summed E-state index contributed by atoms with van der Waals surface area (Å²) in [4.78, 5) is 28.2. The molecular weight excluding hydrogens is 532 g/mol. The van der Waals surface area contributed by atoms with Gasteiger partial charge in [0.25, 0.3) is 5.91 Å². The zero-order valence-corrected chi connectivity index (χ0v) is 21.3. The minimum Gasteiger partial charge on any atom is -0.467 e. The molecule has 7 nitrogen and oxygen atoms in total. The molecule has 0 radical (unpaired) electrons. The summed E-state index contributed by atoms with van der Waals surface area (Å²) in [5.41, 5.74) is 2.91. The van der Waals surface area contributed by atoms with E-state index in [9.17, 15) is 9.59 Å². The molecule has 8 heteroatoms. The van der Waals surface area contributed by atoms with Gasteiger partial charge in [-0.25, -0.2) is 4.68 Å². The zero-order chi connectivity index (χ0) is 25.6. The van der Waals surface area contributed by atoms with Crippen LogP contribution in [0.25, 0.3) is 16.9 Å². The third kappa shape index (κ3) is 5.70. The molecule has 0 unspecified atom stereocenters. The lowest BCUT2D eigenvalue weighted by molar-refractivity contribution is -0.117. The molecule has 0 fully saturated rings. The van der Waals surface area contributed by atoms with Gasteiger partial charge in [0.15, 0.2) is 0 Å². The average Bonchev–Trinajstić information content (AvgIpc) is 3.59. The third-order valence-corrected chi connectivity index (χ3v) is 6.39. The summed E-state index contributed by atoms with van der Waals surface area (Å²) in [5.74, 6) is 0.430. The monoisotopic (exact) mass is 554 g/mol. The second-order valence-corrected chi connectivity index (χ2v) is 9.15. The first-order chi connectivity index (χ1) is 18.1. The van der Waals surface area contributed by atoms with Crippen molar-refractivity contribution in [3.05, 3.63) is 125 Å². The normalized spacial score (nSPS) is 10.7. The SMILES string of the molecule is O=C(CN(Cc1ccco1)C(=O)c1ccccc1Br)Nc1cc(-c2ccccc2)nn1-c1ccccc1. The topological polar surface area (TPSA) is 80.4 Å². The van der Waals surface area contributed by atoms with E-state index in [1.165, 1.54) is 4.90 Å². The lowest BCUT2D eigenvalue weighted by atomic mass is 10.1. The van der Waals surface area contributed by atoms with Crippen LogP contribution in [0.2, 0.25) is 0 Å². The summed E-state index contributed by atoms with van der Waals surface area (Å²) in [6.07, 6.45) is 1.54. The van der Waals surface area contributed by atoms with Crippen molar-refractivity contribution < 1.29 is 14.0 Å². The van der Waals surface area contributed by atoms with Gasteiger partial charge in [-0.2, -0.15) is 5.10 Å². The molecular formula is C29H23BrN4O3. The van der Waals surface area contributed by atoms with Crippen molar-refractivity contribution in [3.8, 4) is 16.9 Å². The van der Waals surface area contributed by atoms with Gasteiger partial charge in [0.2, 0.25) is 5.91 Å².